The zero-order valence-corrected chi connectivity index (χ0v) is 16.7. The first-order valence-electron chi connectivity index (χ1n) is 8.91. The lowest BCUT2D eigenvalue weighted by molar-refractivity contribution is -0.0821. The molecule has 0 unspecified atom stereocenters. The summed E-state index contributed by atoms with van der Waals surface area (Å²) >= 11 is 6.07. The molecule has 0 spiro atoms. The number of rotatable bonds is 4. The van der Waals surface area contributed by atoms with Crippen LogP contribution in [0, 0.1) is 6.92 Å². The normalized spacial score (nSPS) is 13.1. The second-order valence-electron chi connectivity index (χ2n) is 7.67. The van der Waals surface area contributed by atoms with E-state index in [1.165, 1.54) is 6.07 Å². The minimum Gasteiger partial charge on any atom is -0.393 e. The van der Waals surface area contributed by atoms with E-state index in [4.69, 9.17) is 16.3 Å². The molecule has 2 N–H and O–H groups in total. The average Bonchev–Trinajstić information content (AvgIpc) is 2.58. The first kappa shape index (κ1) is 19.6. The van der Waals surface area contributed by atoms with Gasteiger partial charge >= 0.3 is 0 Å². The van der Waals surface area contributed by atoms with E-state index >= 15 is 0 Å². The summed E-state index contributed by atoms with van der Waals surface area (Å²) in [4.78, 5) is 14.7. The number of pyridine rings is 1. The van der Waals surface area contributed by atoms with Gasteiger partial charge in [-0.25, -0.2) is 0 Å². The minimum atomic E-state index is -0.494. The van der Waals surface area contributed by atoms with E-state index in [1.54, 1.807) is 0 Å². The van der Waals surface area contributed by atoms with Gasteiger partial charge in [-0.05, 0) is 74.2 Å². The highest BCUT2D eigenvalue weighted by Gasteiger charge is 2.26. The fourth-order valence-corrected chi connectivity index (χ4v) is 3.54. The molecule has 0 bridgehead atoms. The van der Waals surface area contributed by atoms with E-state index in [0.29, 0.717) is 5.02 Å². The summed E-state index contributed by atoms with van der Waals surface area (Å²) in [5.74, 6) is 0. The van der Waals surface area contributed by atoms with E-state index in [2.05, 4.69) is 4.98 Å². The van der Waals surface area contributed by atoms with Crippen molar-refractivity contribution in [1.29, 1.82) is 0 Å². The summed E-state index contributed by atoms with van der Waals surface area (Å²) < 4.78 is 6.16. The van der Waals surface area contributed by atoms with E-state index in [0.717, 1.165) is 33.2 Å². The molecule has 142 valence electrons. The zero-order chi connectivity index (χ0) is 19.8. The third-order valence-electron chi connectivity index (χ3n) is 4.39. The van der Waals surface area contributed by atoms with Crippen molar-refractivity contribution in [2.24, 2.45) is 0 Å². The number of aryl methyl sites for hydroxylation is 1. The molecule has 0 aliphatic rings. The maximum Gasteiger partial charge on any atom is 0.248 e. The van der Waals surface area contributed by atoms with Crippen LogP contribution in [0.25, 0.3) is 22.0 Å². The maximum atomic E-state index is 11.8. The van der Waals surface area contributed by atoms with Crippen molar-refractivity contribution in [3.63, 3.8) is 0 Å². The van der Waals surface area contributed by atoms with E-state index in [-0.39, 0.29) is 12.2 Å². The Labute approximate surface area is 163 Å². The van der Waals surface area contributed by atoms with Crippen LogP contribution >= 0.6 is 11.6 Å². The number of fused-ring (bicyclic) bond motifs is 1. The van der Waals surface area contributed by atoms with Crippen molar-refractivity contribution in [2.75, 3.05) is 6.61 Å². The molecular weight excluding hydrogens is 362 g/mol. The van der Waals surface area contributed by atoms with Gasteiger partial charge in [0.15, 0.2) is 0 Å². The third-order valence-corrected chi connectivity index (χ3v) is 4.64. The average molecular weight is 386 g/mol. The molecule has 2 aromatic carbocycles. The number of H-pyrrole nitrogens is 1. The number of aromatic amines is 1. The summed E-state index contributed by atoms with van der Waals surface area (Å²) in [7, 11) is 0. The Morgan fingerprint density at radius 2 is 1.81 bits per heavy atom. The Morgan fingerprint density at radius 3 is 2.41 bits per heavy atom. The highest BCUT2D eigenvalue weighted by atomic mass is 35.5. The van der Waals surface area contributed by atoms with Crippen molar-refractivity contribution in [3.05, 3.63) is 69.0 Å². The lowest BCUT2D eigenvalue weighted by atomic mass is 9.88. The van der Waals surface area contributed by atoms with Gasteiger partial charge in [0.05, 0.1) is 12.2 Å². The number of hydrogen-bond donors (Lipinski definition) is 2. The molecule has 0 saturated carbocycles. The van der Waals surface area contributed by atoms with E-state index < -0.39 is 11.7 Å². The summed E-state index contributed by atoms with van der Waals surface area (Å²) in [5, 5.41) is 11.6. The van der Waals surface area contributed by atoms with Gasteiger partial charge < -0.3 is 14.8 Å². The lowest BCUT2D eigenvalue weighted by Gasteiger charge is -2.30. The quantitative estimate of drug-likeness (QED) is 0.663. The molecule has 0 amide bonds. The fraction of sp³-hybridized carbons (Fsp3) is 0.318. The van der Waals surface area contributed by atoms with Crippen molar-refractivity contribution in [2.45, 2.75) is 39.4 Å². The molecule has 1 atom stereocenters. The van der Waals surface area contributed by atoms with Crippen molar-refractivity contribution < 1.29 is 9.84 Å². The van der Waals surface area contributed by atoms with Gasteiger partial charge in [0.2, 0.25) is 5.56 Å². The number of hydrogen-bond acceptors (Lipinski definition) is 3. The molecule has 0 saturated heterocycles. The van der Waals surface area contributed by atoms with Gasteiger partial charge in [-0.1, -0.05) is 23.7 Å². The smallest absolute Gasteiger partial charge is 0.248 e. The topological polar surface area (TPSA) is 62.3 Å². The van der Waals surface area contributed by atoms with Crippen LogP contribution in [0.3, 0.4) is 0 Å². The molecule has 0 fully saturated rings. The fourth-order valence-electron chi connectivity index (χ4n) is 3.42. The molecule has 3 rings (SSSR count). The van der Waals surface area contributed by atoms with Gasteiger partial charge in [-0.3, -0.25) is 4.79 Å². The summed E-state index contributed by atoms with van der Waals surface area (Å²) in [6.07, 6.45) is -0.494. The highest BCUT2D eigenvalue weighted by Crippen LogP contribution is 2.39. The third kappa shape index (κ3) is 4.24. The number of ether oxygens (including phenoxy) is 1. The van der Waals surface area contributed by atoms with Crippen LogP contribution in [0.1, 0.15) is 38.0 Å². The molecule has 1 aromatic heterocycles. The molecule has 0 radical (unpaired) electrons. The number of nitrogens with one attached hydrogen (secondary N) is 1. The van der Waals surface area contributed by atoms with Crippen LogP contribution in [0.2, 0.25) is 5.02 Å². The summed E-state index contributed by atoms with van der Waals surface area (Å²) in [5.41, 5.74) is 3.92. The standard InChI is InChI=1S/C22H24ClNO3/c1-13-11-17-16(9-10-19(26)24-17)21(14-5-7-15(23)8-6-14)20(13)18(12-25)27-22(2,3)4/h5-11,18,25H,12H2,1-4H3,(H,24,26)/t18-/m1/s1. The van der Waals surface area contributed by atoms with Gasteiger partial charge in [-0.15, -0.1) is 0 Å². The summed E-state index contributed by atoms with van der Waals surface area (Å²) in [6.45, 7) is 7.71. The Hall–Kier alpha value is -2.14. The van der Waals surface area contributed by atoms with Crippen LogP contribution in [0.5, 0.6) is 0 Å². The molecule has 1 heterocycles. The monoisotopic (exact) mass is 385 g/mol. The Bertz CT molecular complexity index is 1020. The Morgan fingerprint density at radius 1 is 1.15 bits per heavy atom. The van der Waals surface area contributed by atoms with Crippen molar-refractivity contribution in [3.8, 4) is 11.1 Å². The van der Waals surface area contributed by atoms with Crippen LogP contribution in [0.15, 0.2) is 47.3 Å². The first-order chi connectivity index (χ1) is 12.7. The van der Waals surface area contributed by atoms with Gasteiger partial charge in [0, 0.05) is 22.0 Å². The number of halogens is 1. The van der Waals surface area contributed by atoms with Crippen LogP contribution in [0.4, 0.5) is 0 Å². The Balaban J connectivity index is 2.36. The predicted molar refractivity (Wildman–Crippen MR) is 110 cm³/mol. The van der Waals surface area contributed by atoms with Crippen molar-refractivity contribution >= 4 is 22.5 Å². The molecule has 4 nitrogen and oxygen atoms in total. The molecular formula is C22H24ClNO3. The van der Waals surface area contributed by atoms with Crippen LogP contribution < -0.4 is 5.56 Å². The number of aliphatic hydroxyl groups is 1. The second kappa shape index (κ2) is 7.47. The van der Waals surface area contributed by atoms with Crippen LogP contribution in [-0.4, -0.2) is 22.3 Å². The van der Waals surface area contributed by atoms with Gasteiger partial charge in [-0.2, -0.15) is 0 Å². The Kier molecular flexibility index (Phi) is 5.43. The van der Waals surface area contributed by atoms with Gasteiger partial charge in [0.1, 0.15) is 6.10 Å². The van der Waals surface area contributed by atoms with E-state index in [9.17, 15) is 9.90 Å². The highest BCUT2D eigenvalue weighted by molar-refractivity contribution is 6.30. The SMILES string of the molecule is Cc1cc2[nH]c(=O)ccc2c(-c2ccc(Cl)cc2)c1[C@@H](CO)OC(C)(C)C. The lowest BCUT2D eigenvalue weighted by Crippen LogP contribution is -2.25. The zero-order valence-electron chi connectivity index (χ0n) is 16.0. The first-order valence-corrected chi connectivity index (χ1v) is 9.28. The number of benzene rings is 2. The molecule has 0 aliphatic heterocycles. The van der Waals surface area contributed by atoms with E-state index in [1.807, 2.05) is 64.1 Å². The molecule has 0 aliphatic carbocycles. The van der Waals surface area contributed by atoms with Crippen molar-refractivity contribution in [1.82, 2.24) is 4.98 Å². The predicted octanol–water partition coefficient (Wildman–Crippen LogP) is 5.01. The van der Waals surface area contributed by atoms with Gasteiger partial charge in [0.25, 0.3) is 0 Å². The minimum absolute atomic E-state index is 0.145. The molecule has 27 heavy (non-hydrogen) atoms. The summed E-state index contributed by atoms with van der Waals surface area (Å²) in [6, 6.07) is 12.8. The second-order valence-corrected chi connectivity index (χ2v) is 8.11. The maximum absolute atomic E-state index is 11.8. The largest absolute Gasteiger partial charge is 0.393 e. The van der Waals surface area contributed by atoms with Crippen LogP contribution in [-0.2, 0) is 4.74 Å². The number of aromatic nitrogens is 1. The molecule has 5 heteroatoms. The number of aliphatic hydroxyl groups excluding tert-OH is 1. The molecule has 3 aromatic rings.